The van der Waals surface area contributed by atoms with Gasteiger partial charge in [0.15, 0.2) is 0 Å². The van der Waals surface area contributed by atoms with Gasteiger partial charge in [-0.1, -0.05) is 85.8 Å². The number of hydrogen-bond acceptors (Lipinski definition) is 5. The molecule has 5 rings (SSSR count). The third-order valence-electron chi connectivity index (χ3n) is 7.35. The summed E-state index contributed by atoms with van der Waals surface area (Å²) >= 11 is 0. The van der Waals surface area contributed by atoms with Crippen molar-refractivity contribution >= 4 is 34.2 Å². The molecule has 0 aliphatic heterocycles. The van der Waals surface area contributed by atoms with Gasteiger partial charge in [0.25, 0.3) is 5.91 Å². The van der Waals surface area contributed by atoms with E-state index in [0.717, 1.165) is 27.9 Å². The molecule has 0 saturated heterocycles. The zero-order valence-corrected chi connectivity index (χ0v) is 24.4. The zero-order valence-electron chi connectivity index (χ0n) is 24.4. The Morgan fingerprint density at radius 1 is 0.810 bits per heavy atom. The summed E-state index contributed by atoms with van der Waals surface area (Å²) in [6, 6.07) is 32.0. The number of benzene rings is 4. The van der Waals surface area contributed by atoms with Crippen molar-refractivity contribution in [1.29, 1.82) is 0 Å². The van der Waals surface area contributed by atoms with Crippen molar-refractivity contribution in [2.45, 2.75) is 38.9 Å². The Kier molecular flexibility index (Phi) is 8.62. The van der Waals surface area contributed by atoms with Gasteiger partial charge in [0, 0.05) is 32.0 Å². The first-order valence-electron chi connectivity index (χ1n) is 14.1. The van der Waals surface area contributed by atoms with Crippen LogP contribution in [0.15, 0.2) is 103 Å². The second-order valence-corrected chi connectivity index (χ2v) is 10.9. The smallest absolute Gasteiger partial charge is 0.251 e. The molecule has 0 saturated carbocycles. The molecule has 0 radical (unpaired) electrons. The van der Waals surface area contributed by atoms with Gasteiger partial charge in [-0.2, -0.15) is 0 Å². The summed E-state index contributed by atoms with van der Waals surface area (Å²) in [7, 11) is 3.94. The van der Waals surface area contributed by atoms with Gasteiger partial charge in [0.1, 0.15) is 18.1 Å². The van der Waals surface area contributed by atoms with Crippen molar-refractivity contribution in [2.75, 3.05) is 24.3 Å². The number of para-hydroxylation sites is 1. The van der Waals surface area contributed by atoms with Gasteiger partial charge >= 0.3 is 0 Å². The van der Waals surface area contributed by atoms with Crippen LogP contribution < -0.4 is 10.2 Å². The lowest BCUT2D eigenvalue weighted by Gasteiger charge is -2.32. The minimum atomic E-state index is -0.887. The fourth-order valence-electron chi connectivity index (χ4n) is 4.95. The number of carbonyl (C=O) groups excluding carboxylic acids is 2. The van der Waals surface area contributed by atoms with Gasteiger partial charge in [-0.3, -0.25) is 9.59 Å². The number of hydrogen-bond donors (Lipinski definition) is 1. The molecule has 5 aromatic rings. The average Bonchev–Trinajstić information content (AvgIpc) is 3.40. The van der Waals surface area contributed by atoms with E-state index in [9.17, 15) is 9.59 Å². The highest BCUT2D eigenvalue weighted by Crippen LogP contribution is 2.28. The number of nitrogens with zero attached hydrogens (tertiary/aromatic N) is 5. The molecule has 8 heteroatoms. The van der Waals surface area contributed by atoms with Crippen molar-refractivity contribution in [3.63, 3.8) is 0 Å². The minimum absolute atomic E-state index is 0.0568. The van der Waals surface area contributed by atoms with Crippen LogP contribution in [0.4, 0.5) is 11.4 Å². The lowest BCUT2D eigenvalue weighted by atomic mass is 9.97. The highest BCUT2D eigenvalue weighted by molar-refractivity contribution is 5.98. The second-order valence-electron chi connectivity index (χ2n) is 10.9. The lowest BCUT2D eigenvalue weighted by Crippen LogP contribution is -2.42. The summed E-state index contributed by atoms with van der Waals surface area (Å²) in [4.78, 5) is 32.0. The summed E-state index contributed by atoms with van der Waals surface area (Å²) in [6.07, 6.45) is 0. The predicted molar refractivity (Wildman–Crippen MR) is 167 cm³/mol. The molecular formula is C34H36N6O2. The number of aromatic nitrogens is 3. The molecule has 8 nitrogen and oxygen atoms in total. The van der Waals surface area contributed by atoms with Crippen LogP contribution >= 0.6 is 0 Å². The number of amides is 2. The molecule has 214 valence electrons. The van der Waals surface area contributed by atoms with Crippen LogP contribution in [0, 0.1) is 0 Å². The predicted octanol–water partition coefficient (Wildman–Crippen LogP) is 6.03. The molecule has 0 aliphatic rings. The average molecular weight is 561 g/mol. The van der Waals surface area contributed by atoms with Crippen LogP contribution in [-0.2, 0) is 22.7 Å². The summed E-state index contributed by atoms with van der Waals surface area (Å²) in [6.45, 7) is 4.45. The third kappa shape index (κ3) is 6.49. The van der Waals surface area contributed by atoms with Crippen LogP contribution in [0.2, 0.25) is 0 Å². The number of rotatable bonds is 10. The van der Waals surface area contributed by atoms with Crippen LogP contribution in [0.25, 0.3) is 11.0 Å². The highest BCUT2D eigenvalue weighted by Gasteiger charge is 2.32. The first-order chi connectivity index (χ1) is 20.3. The number of nitrogens with one attached hydrogen (secondary N) is 1. The quantitative estimate of drug-likeness (QED) is 0.226. The van der Waals surface area contributed by atoms with Gasteiger partial charge in [-0.15, -0.1) is 5.10 Å². The topological polar surface area (TPSA) is 83.4 Å². The van der Waals surface area contributed by atoms with E-state index < -0.39 is 6.04 Å². The monoisotopic (exact) mass is 560 g/mol. The Labute approximate surface area is 246 Å². The first kappa shape index (κ1) is 28.5. The molecule has 1 aromatic heterocycles. The number of fused-ring (bicyclic) bond motifs is 1. The van der Waals surface area contributed by atoms with Crippen LogP contribution in [0.3, 0.4) is 0 Å². The molecule has 0 spiro atoms. The Morgan fingerprint density at radius 3 is 2.12 bits per heavy atom. The fourth-order valence-corrected chi connectivity index (χ4v) is 4.95. The Hall–Kier alpha value is -4.98. The van der Waals surface area contributed by atoms with Crippen molar-refractivity contribution < 1.29 is 9.59 Å². The fraction of sp³-hybridized carbons (Fsp3) is 0.235. The molecule has 2 amide bonds. The van der Waals surface area contributed by atoms with Crippen molar-refractivity contribution in [3.8, 4) is 0 Å². The van der Waals surface area contributed by atoms with Crippen molar-refractivity contribution in [1.82, 2.24) is 19.9 Å². The summed E-state index contributed by atoms with van der Waals surface area (Å²) in [5.41, 5.74) is 5.95. The maximum absolute atomic E-state index is 14.2. The molecule has 1 atom stereocenters. The molecule has 1 unspecified atom stereocenters. The number of anilines is 2. The molecule has 0 fully saturated rings. The zero-order chi connectivity index (χ0) is 29.6. The van der Waals surface area contributed by atoms with E-state index in [4.69, 9.17) is 0 Å². The van der Waals surface area contributed by atoms with E-state index in [1.54, 1.807) is 9.58 Å². The van der Waals surface area contributed by atoms with E-state index in [0.29, 0.717) is 17.1 Å². The molecule has 0 aliphatic carbocycles. The van der Waals surface area contributed by atoms with E-state index >= 15 is 0 Å². The van der Waals surface area contributed by atoms with Gasteiger partial charge in [-0.05, 0) is 59.0 Å². The highest BCUT2D eigenvalue weighted by atomic mass is 16.2. The Morgan fingerprint density at radius 2 is 1.45 bits per heavy atom. The Balaban J connectivity index is 1.54. The third-order valence-corrected chi connectivity index (χ3v) is 7.35. The standard InChI is InChI=1S/C34H36N6O2/c1-24(2)26-14-16-27(17-15-26)33(34(42)35-28-18-20-29(21-19-28)38(3)4)39(22-25-10-6-5-7-11-25)32(41)23-40-31-13-9-8-12-30(31)36-37-40/h5-21,24,33H,22-23H2,1-4H3,(H,35,42). The SMILES string of the molecule is CC(C)c1ccc(C(C(=O)Nc2ccc(N(C)C)cc2)N(Cc2ccccc2)C(=O)Cn2nnc3ccccc32)cc1. The maximum Gasteiger partial charge on any atom is 0.251 e. The maximum atomic E-state index is 14.2. The summed E-state index contributed by atoms with van der Waals surface area (Å²) < 4.78 is 1.59. The minimum Gasteiger partial charge on any atom is -0.378 e. The normalized spacial score (nSPS) is 11.8. The van der Waals surface area contributed by atoms with Crippen LogP contribution in [0.1, 0.15) is 42.5 Å². The van der Waals surface area contributed by atoms with Crippen molar-refractivity contribution in [2.24, 2.45) is 0 Å². The first-order valence-corrected chi connectivity index (χ1v) is 14.1. The largest absolute Gasteiger partial charge is 0.378 e. The van der Waals surface area contributed by atoms with E-state index in [-0.39, 0.29) is 24.9 Å². The van der Waals surface area contributed by atoms with E-state index in [1.807, 2.05) is 122 Å². The molecular weight excluding hydrogens is 524 g/mol. The van der Waals surface area contributed by atoms with E-state index in [1.165, 1.54) is 0 Å². The molecule has 0 bridgehead atoms. The van der Waals surface area contributed by atoms with Crippen molar-refractivity contribution in [3.05, 3.63) is 120 Å². The van der Waals surface area contributed by atoms with Gasteiger partial charge < -0.3 is 15.1 Å². The van der Waals surface area contributed by atoms with Crippen LogP contribution in [0.5, 0.6) is 0 Å². The van der Waals surface area contributed by atoms with E-state index in [2.05, 4.69) is 29.5 Å². The Bertz CT molecular complexity index is 1640. The van der Waals surface area contributed by atoms with Gasteiger partial charge in [0.05, 0.1) is 5.52 Å². The van der Waals surface area contributed by atoms with Gasteiger partial charge in [-0.25, -0.2) is 4.68 Å². The van der Waals surface area contributed by atoms with Crippen LogP contribution in [-0.4, -0.2) is 45.8 Å². The second kappa shape index (κ2) is 12.7. The van der Waals surface area contributed by atoms with Gasteiger partial charge in [0.2, 0.25) is 5.91 Å². The molecule has 1 N–H and O–H groups in total. The summed E-state index contributed by atoms with van der Waals surface area (Å²) in [5.74, 6) is -0.202. The summed E-state index contributed by atoms with van der Waals surface area (Å²) in [5, 5.41) is 11.5. The molecule has 4 aromatic carbocycles. The number of carbonyl (C=O) groups is 2. The molecule has 1 heterocycles. The molecule has 42 heavy (non-hydrogen) atoms. The lowest BCUT2D eigenvalue weighted by molar-refractivity contribution is -0.140.